The van der Waals surface area contributed by atoms with Crippen molar-refractivity contribution in [1.29, 1.82) is 0 Å². The van der Waals surface area contributed by atoms with Gasteiger partial charge in [0.1, 0.15) is 0 Å². The molecule has 2 aromatic heterocycles. The van der Waals surface area contributed by atoms with Gasteiger partial charge in [-0.15, -0.1) is 0 Å². The van der Waals surface area contributed by atoms with E-state index in [0.29, 0.717) is 16.2 Å². The van der Waals surface area contributed by atoms with Gasteiger partial charge in [-0.25, -0.2) is 9.97 Å². The number of aromatic amines is 1. The van der Waals surface area contributed by atoms with Crippen LogP contribution >= 0.6 is 11.6 Å². The number of hydrogen-bond acceptors (Lipinski definition) is 3. The number of rotatable bonds is 2. The SMILES string of the molecule is Cc1cc(Cl)ccc1NC(=O)c1cnc2nc[nH]c2c1. The molecule has 2 heterocycles. The molecule has 0 spiro atoms. The number of carbonyl (C=O) groups excluding carboxylic acids is 1. The lowest BCUT2D eigenvalue weighted by Crippen LogP contribution is -2.13. The van der Waals surface area contributed by atoms with Crippen molar-refractivity contribution in [3.63, 3.8) is 0 Å². The Kier molecular flexibility index (Phi) is 3.12. The van der Waals surface area contributed by atoms with Crippen LogP contribution < -0.4 is 5.32 Å². The second-order valence-electron chi connectivity index (χ2n) is 4.41. The van der Waals surface area contributed by atoms with Crippen molar-refractivity contribution in [2.45, 2.75) is 6.92 Å². The monoisotopic (exact) mass is 286 g/mol. The lowest BCUT2D eigenvalue weighted by atomic mass is 10.2. The molecule has 1 aromatic carbocycles. The van der Waals surface area contributed by atoms with E-state index in [1.54, 1.807) is 30.6 Å². The number of aromatic nitrogens is 3. The van der Waals surface area contributed by atoms with Crippen LogP contribution in [-0.4, -0.2) is 20.9 Å². The molecule has 5 nitrogen and oxygen atoms in total. The number of H-pyrrole nitrogens is 1. The molecule has 0 aliphatic rings. The first-order valence-electron chi connectivity index (χ1n) is 6.00. The highest BCUT2D eigenvalue weighted by Crippen LogP contribution is 2.20. The number of nitrogens with one attached hydrogen (secondary N) is 2. The largest absolute Gasteiger partial charge is 0.343 e. The maximum absolute atomic E-state index is 12.2. The molecule has 3 aromatic rings. The molecular formula is C14H11ClN4O. The van der Waals surface area contributed by atoms with Gasteiger partial charge in [-0.3, -0.25) is 4.79 Å². The molecule has 1 amide bonds. The van der Waals surface area contributed by atoms with E-state index >= 15 is 0 Å². The van der Waals surface area contributed by atoms with Gasteiger partial charge in [0, 0.05) is 16.9 Å². The number of amides is 1. The molecule has 0 radical (unpaired) electrons. The fourth-order valence-corrected chi connectivity index (χ4v) is 2.14. The van der Waals surface area contributed by atoms with Crippen molar-refractivity contribution in [1.82, 2.24) is 15.0 Å². The minimum absolute atomic E-state index is 0.223. The van der Waals surface area contributed by atoms with E-state index in [0.717, 1.165) is 16.8 Å². The number of imidazole rings is 1. The van der Waals surface area contributed by atoms with Gasteiger partial charge in [-0.2, -0.15) is 0 Å². The maximum atomic E-state index is 12.2. The Labute approximate surface area is 120 Å². The van der Waals surface area contributed by atoms with E-state index in [1.807, 2.05) is 6.92 Å². The molecule has 0 saturated carbocycles. The number of anilines is 1. The molecule has 0 atom stereocenters. The summed E-state index contributed by atoms with van der Waals surface area (Å²) in [6.07, 6.45) is 3.05. The minimum atomic E-state index is -0.223. The average molecular weight is 287 g/mol. The summed E-state index contributed by atoms with van der Waals surface area (Å²) < 4.78 is 0. The number of benzene rings is 1. The summed E-state index contributed by atoms with van der Waals surface area (Å²) in [4.78, 5) is 23.3. The first-order chi connectivity index (χ1) is 9.63. The Morgan fingerprint density at radius 1 is 1.30 bits per heavy atom. The van der Waals surface area contributed by atoms with E-state index in [2.05, 4.69) is 20.3 Å². The zero-order valence-corrected chi connectivity index (χ0v) is 11.4. The van der Waals surface area contributed by atoms with Gasteiger partial charge in [-0.1, -0.05) is 11.6 Å². The Morgan fingerprint density at radius 2 is 2.15 bits per heavy atom. The lowest BCUT2D eigenvalue weighted by molar-refractivity contribution is 0.102. The first kappa shape index (κ1) is 12.6. The number of nitrogens with zero attached hydrogens (tertiary/aromatic N) is 2. The molecule has 6 heteroatoms. The van der Waals surface area contributed by atoms with E-state index in [-0.39, 0.29) is 5.91 Å². The number of hydrogen-bond donors (Lipinski definition) is 2. The van der Waals surface area contributed by atoms with Crippen LogP contribution in [0.25, 0.3) is 11.2 Å². The van der Waals surface area contributed by atoms with Gasteiger partial charge in [0.15, 0.2) is 5.65 Å². The fraction of sp³-hybridized carbons (Fsp3) is 0.0714. The first-order valence-corrected chi connectivity index (χ1v) is 6.38. The van der Waals surface area contributed by atoms with Crippen LogP contribution in [0.5, 0.6) is 0 Å². The number of carbonyl (C=O) groups is 1. The quantitative estimate of drug-likeness (QED) is 0.760. The molecule has 0 aliphatic carbocycles. The molecular weight excluding hydrogens is 276 g/mol. The Bertz CT molecular complexity index is 797. The van der Waals surface area contributed by atoms with E-state index in [4.69, 9.17) is 11.6 Å². The number of fused-ring (bicyclic) bond motifs is 1. The van der Waals surface area contributed by atoms with Gasteiger partial charge in [0.2, 0.25) is 0 Å². The van der Waals surface area contributed by atoms with E-state index in [9.17, 15) is 4.79 Å². The van der Waals surface area contributed by atoms with Crippen molar-refractivity contribution in [2.75, 3.05) is 5.32 Å². The highest BCUT2D eigenvalue weighted by atomic mass is 35.5. The summed E-state index contributed by atoms with van der Waals surface area (Å²) in [5.41, 5.74) is 3.41. The van der Waals surface area contributed by atoms with Crippen LogP contribution in [0.1, 0.15) is 15.9 Å². The number of aryl methyl sites for hydroxylation is 1. The van der Waals surface area contributed by atoms with Crippen LogP contribution in [0.2, 0.25) is 5.02 Å². The van der Waals surface area contributed by atoms with Crippen molar-refractivity contribution in [2.24, 2.45) is 0 Å². The van der Waals surface area contributed by atoms with Gasteiger partial charge in [-0.05, 0) is 36.8 Å². The zero-order chi connectivity index (χ0) is 14.1. The second kappa shape index (κ2) is 4.94. The summed E-state index contributed by atoms with van der Waals surface area (Å²) in [6.45, 7) is 1.89. The van der Waals surface area contributed by atoms with Crippen LogP contribution in [-0.2, 0) is 0 Å². The zero-order valence-electron chi connectivity index (χ0n) is 10.6. The van der Waals surface area contributed by atoms with Crippen LogP contribution in [0.3, 0.4) is 0 Å². The number of pyridine rings is 1. The molecule has 0 saturated heterocycles. The van der Waals surface area contributed by atoms with Crippen molar-refractivity contribution >= 4 is 34.4 Å². The average Bonchev–Trinajstić information content (AvgIpc) is 2.89. The van der Waals surface area contributed by atoms with Gasteiger partial charge >= 0.3 is 0 Å². The smallest absolute Gasteiger partial charge is 0.257 e. The summed E-state index contributed by atoms with van der Waals surface area (Å²) in [6, 6.07) is 7.03. The van der Waals surface area contributed by atoms with Gasteiger partial charge in [0.25, 0.3) is 5.91 Å². The Morgan fingerprint density at radius 3 is 2.95 bits per heavy atom. The Hall–Kier alpha value is -2.40. The minimum Gasteiger partial charge on any atom is -0.343 e. The topological polar surface area (TPSA) is 70.7 Å². The number of halogens is 1. The van der Waals surface area contributed by atoms with Gasteiger partial charge in [0.05, 0.1) is 17.4 Å². The predicted molar refractivity (Wildman–Crippen MR) is 78.0 cm³/mol. The molecule has 2 N–H and O–H groups in total. The van der Waals surface area contributed by atoms with Crippen LogP contribution in [0.4, 0.5) is 5.69 Å². The summed E-state index contributed by atoms with van der Waals surface area (Å²) >= 11 is 5.89. The van der Waals surface area contributed by atoms with E-state index < -0.39 is 0 Å². The maximum Gasteiger partial charge on any atom is 0.257 e. The summed E-state index contributed by atoms with van der Waals surface area (Å²) in [7, 11) is 0. The van der Waals surface area contributed by atoms with Crippen LogP contribution in [0, 0.1) is 6.92 Å². The predicted octanol–water partition coefficient (Wildman–Crippen LogP) is 3.17. The lowest BCUT2D eigenvalue weighted by Gasteiger charge is -2.08. The molecule has 20 heavy (non-hydrogen) atoms. The molecule has 0 unspecified atom stereocenters. The molecule has 0 fully saturated rings. The molecule has 100 valence electrons. The van der Waals surface area contributed by atoms with Crippen molar-refractivity contribution in [3.8, 4) is 0 Å². The summed E-state index contributed by atoms with van der Waals surface area (Å²) in [5, 5.41) is 3.48. The summed E-state index contributed by atoms with van der Waals surface area (Å²) in [5.74, 6) is -0.223. The molecule has 0 aliphatic heterocycles. The fourth-order valence-electron chi connectivity index (χ4n) is 1.92. The van der Waals surface area contributed by atoms with Gasteiger partial charge < -0.3 is 10.3 Å². The van der Waals surface area contributed by atoms with Crippen molar-refractivity contribution in [3.05, 3.63) is 52.9 Å². The van der Waals surface area contributed by atoms with Crippen molar-refractivity contribution < 1.29 is 4.79 Å². The Balaban J connectivity index is 1.88. The normalized spacial score (nSPS) is 10.7. The molecule has 0 bridgehead atoms. The van der Waals surface area contributed by atoms with E-state index in [1.165, 1.54) is 6.20 Å². The third kappa shape index (κ3) is 2.35. The third-order valence-corrected chi connectivity index (χ3v) is 3.21. The highest BCUT2D eigenvalue weighted by Gasteiger charge is 2.10. The second-order valence-corrected chi connectivity index (χ2v) is 4.85. The van der Waals surface area contributed by atoms with Crippen LogP contribution in [0.15, 0.2) is 36.8 Å². The third-order valence-electron chi connectivity index (χ3n) is 2.97. The highest BCUT2D eigenvalue weighted by molar-refractivity contribution is 6.30. The standard InChI is InChI=1S/C14H11ClN4O/c1-8-4-10(15)2-3-11(8)19-14(20)9-5-12-13(16-6-9)18-7-17-12/h2-7H,1H3,(H,19,20)(H,16,17,18). The molecule has 3 rings (SSSR count).